The van der Waals surface area contributed by atoms with Crippen molar-refractivity contribution in [1.29, 1.82) is 0 Å². The Labute approximate surface area is 101 Å². The zero-order chi connectivity index (χ0) is 12.9. The zero-order valence-electron chi connectivity index (χ0n) is 9.41. The Morgan fingerprint density at radius 3 is 2.56 bits per heavy atom. The van der Waals surface area contributed by atoms with Crippen molar-refractivity contribution in [2.24, 2.45) is 0 Å². The first-order valence-corrected chi connectivity index (χ1v) is 5.68. The summed E-state index contributed by atoms with van der Waals surface area (Å²) in [5, 5.41) is 4.02. The Morgan fingerprint density at radius 1 is 1.28 bits per heavy atom. The van der Waals surface area contributed by atoms with Gasteiger partial charge in [0.25, 0.3) is 0 Å². The second kappa shape index (κ2) is 3.60. The molecular weight excluding hydrogens is 245 g/mol. The molecule has 0 saturated heterocycles. The van der Waals surface area contributed by atoms with Gasteiger partial charge in [-0.1, -0.05) is 6.42 Å². The largest absolute Gasteiger partial charge is 0.433 e. The van der Waals surface area contributed by atoms with Crippen LogP contribution < -0.4 is 5.73 Å². The van der Waals surface area contributed by atoms with Gasteiger partial charge in [-0.15, -0.1) is 0 Å². The molecule has 0 amide bonds. The molecular formula is C11H11F3N4. The fourth-order valence-corrected chi connectivity index (χ4v) is 2.12. The van der Waals surface area contributed by atoms with Crippen molar-refractivity contribution in [2.45, 2.75) is 31.4 Å². The van der Waals surface area contributed by atoms with Gasteiger partial charge in [0.1, 0.15) is 5.82 Å². The lowest BCUT2D eigenvalue weighted by atomic mass is 9.83. The van der Waals surface area contributed by atoms with Crippen molar-refractivity contribution in [2.75, 3.05) is 5.73 Å². The summed E-state index contributed by atoms with van der Waals surface area (Å²) in [4.78, 5) is 3.89. The monoisotopic (exact) mass is 256 g/mol. The van der Waals surface area contributed by atoms with Crippen LogP contribution >= 0.6 is 0 Å². The second-order valence-electron chi connectivity index (χ2n) is 4.53. The summed E-state index contributed by atoms with van der Waals surface area (Å²) < 4.78 is 39.4. The van der Waals surface area contributed by atoms with Crippen LogP contribution in [-0.2, 0) is 6.18 Å². The van der Waals surface area contributed by atoms with Crippen LogP contribution in [0.3, 0.4) is 0 Å². The number of hydrogen-bond donors (Lipinski definition) is 1. The van der Waals surface area contributed by atoms with E-state index in [9.17, 15) is 13.2 Å². The van der Waals surface area contributed by atoms with Gasteiger partial charge in [-0.3, -0.25) is 0 Å². The van der Waals surface area contributed by atoms with E-state index in [1.54, 1.807) is 6.07 Å². The average Bonchev–Trinajstić information content (AvgIpc) is 2.54. The predicted molar refractivity (Wildman–Crippen MR) is 59.0 cm³/mol. The van der Waals surface area contributed by atoms with Gasteiger partial charge in [0.15, 0.2) is 11.3 Å². The van der Waals surface area contributed by atoms with Crippen LogP contribution in [0.25, 0.3) is 5.65 Å². The van der Waals surface area contributed by atoms with Crippen molar-refractivity contribution in [3.8, 4) is 0 Å². The maximum atomic E-state index is 12.9. The lowest BCUT2D eigenvalue weighted by Crippen LogP contribution is -2.15. The smallest absolute Gasteiger partial charge is 0.384 e. The van der Waals surface area contributed by atoms with Crippen molar-refractivity contribution in [1.82, 2.24) is 14.6 Å². The first-order chi connectivity index (χ1) is 8.45. The van der Waals surface area contributed by atoms with Crippen molar-refractivity contribution in [3.63, 3.8) is 0 Å². The van der Waals surface area contributed by atoms with E-state index in [0.717, 1.165) is 29.8 Å². The number of anilines is 1. The Hall–Kier alpha value is -1.79. The molecule has 0 radical (unpaired) electrons. The number of nitrogen functional groups attached to an aromatic ring is 1. The molecule has 0 aromatic carbocycles. The summed E-state index contributed by atoms with van der Waals surface area (Å²) in [5.41, 5.74) is 5.35. The molecule has 96 valence electrons. The molecule has 0 unspecified atom stereocenters. The van der Waals surface area contributed by atoms with Gasteiger partial charge in [-0.05, 0) is 12.8 Å². The number of rotatable bonds is 1. The molecule has 2 heterocycles. The van der Waals surface area contributed by atoms with Crippen LogP contribution in [0.4, 0.5) is 19.0 Å². The summed E-state index contributed by atoms with van der Waals surface area (Å²) in [7, 11) is 0. The average molecular weight is 256 g/mol. The van der Waals surface area contributed by atoms with Crippen LogP contribution in [0.15, 0.2) is 12.1 Å². The Kier molecular flexibility index (Phi) is 2.26. The van der Waals surface area contributed by atoms with Crippen LogP contribution in [0, 0.1) is 0 Å². The molecule has 3 rings (SSSR count). The highest BCUT2D eigenvalue weighted by Crippen LogP contribution is 2.37. The molecule has 7 heteroatoms. The molecule has 2 aromatic rings. The SMILES string of the molecule is Nc1cc(C(F)(F)F)n2nc(C3CCC3)cc2n1. The highest BCUT2D eigenvalue weighted by Gasteiger charge is 2.35. The number of hydrogen-bond acceptors (Lipinski definition) is 3. The third-order valence-electron chi connectivity index (χ3n) is 3.28. The molecule has 2 N–H and O–H groups in total. The fraction of sp³-hybridized carbons (Fsp3) is 0.455. The van der Waals surface area contributed by atoms with E-state index in [-0.39, 0.29) is 17.4 Å². The maximum absolute atomic E-state index is 12.9. The topological polar surface area (TPSA) is 56.2 Å². The third-order valence-corrected chi connectivity index (χ3v) is 3.28. The van der Waals surface area contributed by atoms with Gasteiger partial charge < -0.3 is 5.73 Å². The Balaban J connectivity index is 2.19. The van der Waals surface area contributed by atoms with Crippen LogP contribution in [0.5, 0.6) is 0 Å². The molecule has 0 atom stereocenters. The number of nitrogens with two attached hydrogens (primary N) is 1. The quantitative estimate of drug-likeness (QED) is 0.853. The van der Waals surface area contributed by atoms with Gasteiger partial charge in [-0.2, -0.15) is 18.3 Å². The summed E-state index contributed by atoms with van der Waals surface area (Å²) in [6, 6.07) is 2.40. The minimum absolute atomic E-state index is 0.144. The van der Waals surface area contributed by atoms with E-state index in [0.29, 0.717) is 5.69 Å². The molecule has 1 aliphatic carbocycles. The van der Waals surface area contributed by atoms with Crippen LogP contribution in [-0.4, -0.2) is 14.6 Å². The zero-order valence-corrected chi connectivity index (χ0v) is 9.41. The molecule has 0 bridgehead atoms. The molecule has 4 nitrogen and oxygen atoms in total. The standard InChI is InChI=1S/C11H11F3N4/c12-11(13,14)8-5-9(15)16-10-4-7(17-18(8)10)6-2-1-3-6/h4-6H,1-3H2,(H2,15,16). The summed E-state index contributed by atoms with van der Waals surface area (Å²) in [5.74, 6) is 0.115. The molecule has 18 heavy (non-hydrogen) atoms. The van der Waals surface area contributed by atoms with Crippen LogP contribution in [0.1, 0.15) is 36.6 Å². The molecule has 1 fully saturated rings. The number of fused-ring (bicyclic) bond motifs is 1. The van der Waals surface area contributed by atoms with E-state index in [1.807, 2.05) is 0 Å². The minimum Gasteiger partial charge on any atom is -0.384 e. The van der Waals surface area contributed by atoms with E-state index in [1.165, 1.54) is 0 Å². The lowest BCUT2D eigenvalue weighted by Gasteiger charge is -2.22. The maximum Gasteiger partial charge on any atom is 0.433 e. The van der Waals surface area contributed by atoms with Gasteiger partial charge >= 0.3 is 6.18 Å². The molecule has 0 aliphatic heterocycles. The van der Waals surface area contributed by atoms with Crippen LogP contribution in [0.2, 0.25) is 0 Å². The normalized spacial score (nSPS) is 17.1. The van der Waals surface area contributed by atoms with Crippen molar-refractivity contribution >= 4 is 11.5 Å². The third kappa shape index (κ3) is 1.70. The Bertz CT molecular complexity index is 598. The second-order valence-corrected chi connectivity index (χ2v) is 4.53. The molecule has 1 saturated carbocycles. The Morgan fingerprint density at radius 2 is 2.00 bits per heavy atom. The first kappa shape index (κ1) is 11.3. The number of nitrogens with zero attached hydrogens (tertiary/aromatic N) is 3. The van der Waals surface area contributed by atoms with E-state index in [2.05, 4.69) is 10.1 Å². The van der Waals surface area contributed by atoms with Crippen molar-refractivity contribution in [3.05, 3.63) is 23.5 Å². The number of aromatic nitrogens is 3. The summed E-state index contributed by atoms with van der Waals surface area (Å²) in [6.45, 7) is 0. The van der Waals surface area contributed by atoms with Gasteiger partial charge in [0.2, 0.25) is 0 Å². The van der Waals surface area contributed by atoms with Gasteiger partial charge in [-0.25, -0.2) is 9.50 Å². The highest BCUT2D eigenvalue weighted by molar-refractivity contribution is 5.48. The van der Waals surface area contributed by atoms with Crippen molar-refractivity contribution < 1.29 is 13.2 Å². The number of alkyl halides is 3. The minimum atomic E-state index is -4.49. The fourth-order valence-electron chi connectivity index (χ4n) is 2.12. The lowest BCUT2D eigenvalue weighted by molar-refractivity contribution is -0.142. The highest BCUT2D eigenvalue weighted by atomic mass is 19.4. The first-order valence-electron chi connectivity index (χ1n) is 5.68. The van der Waals surface area contributed by atoms with Gasteiger partial charge in [0.05, 0.1) is 5.69 Å². The van der Waals surface area contributed by atoms with E-state index >= 15 is 0 Å². The molecule has 0 spiro atoms. The molecule has 2 aromatic heterocycles. The van der Waals surface area contributed by atoms with E-state index < -0.39 is 11.9 Å². The number of halogens is 3. The molecule has 1 aliphatic rings. The summed E-state index contributed by atoms with van der Waals surface area (Å²) in [6.07, 6.45) is -1.44. The van der Waals surface area contributed by atoms with Gasteiger partial charge in [0, 0.05) is 18.1 Å². The summed E-state index contributed by atoms with van der Waals surface area (Å²) >= 11 is 0. The predicted octanol–water partition coefficient (Wildman–Crippen LogP) is 2.60. The van der Waals surface area contributed by atoms with E-state index in [4.69, 9.17) is 5.73 Å².